The van der Waals surface area contributed by atoms with Crippen molar-refractivity contribution in [1.82, 2.24) is 9.63 Å². The van der Waals surface area contributed by atoms with Crippen LogP contribution >= 0.6 is 0 Å². The van der Waals surface area contributed by atoms with E-state index in [4.69, 9.17) is 9.57 Å². The highest BCUT2D eigenvalue weighted by atomic mass is 16.7. The average molecular weight is 364 g/mol. The molecule has 1 atom stereocenters. The number of carbonyl (C=O) groups is 2. The summed E-state index contributed by atoms with van der Waals surface area (Å²) in [5.41, 5.74) is 1.53. The van der Waals surface area contributed by atoms with Gasteiger partial charge in [-0.05, 0) is 38.1 Å². The molecule has 6 heteroatoms. The Kier molecular flexibility index (Phi) is 4.41. The highest BCUT2D eigenvalue weighted by Gasteiger charge is 2.41. The van der Waals surface area contributed by atoms with E-state index in [1.54, 1.807) is 28.8 Å². The van der Waals surface area contributed by atoms with Gasteiger partial charge < -0.3 is 4.74 Å². The van der Waals surface area contributed by atoms with Gasteiger partial charge in [-0.25, -0.2) is 4.79 Å². The minimum atomic E-state index is -0.538. The van der Waals surface area contributed by atoms with Crippen LogP contribution < -0.4 is 4.74 Å². The van der Waals surface area contributed by atoms with Crippen molar-refractivity contribution in [3.05, 3.63) is 66.4 Å². The number of nitrogens with zero attached hydrogens (tertiary/aromatic N) is 2. The van der Waals surface area contributed by atoms with Crippen LogP contribution in [0.3, 0.4) is 0 Å². The van der Waals surface area contributed by atoms with Gasteiger partial charge in [0.2, 0.25) is 0 Å². The topological polar surface area (TPSA) is 60.8 Å². The summed E-state index contributed by atoms with van der Waals surface area (Å²) in [4.78, 5) is 31.2. The zero-order valence-corrected chi connectivity index (χ0v) is 15.2. The number of carbonyl (C=O) groups excluding carboxylic acids is 2. The number of esters is 1. The maximum absolute atomic E-state index is 13.0. The molecule has 2 heterocycles. The molecule has 3 aromatic rings. The summed E-state index contributed by atoms with van der Waals surface area (Å²) in [6.07, 6.45) is -0.193. The lowest BCUT2D eigenvalue weighted by Gasteiger charge is -2.24. The zero-order chi connectivity index (χ0) is 19.0. The summed E-state index contributed by atoms with van der Waals surface area (Å²) in [6, 6.07) is 17.6. The number of aromatic nitrogens is 1. The highest BCUT2D eigenvalue weighted by Crippen LogP contribution is 2.37. The van der Waals surface area contributed by atoms with Crippen molar-refractivity contribution < 1.29 is 19.2 Å². The van der Waals surface area contributed by atoms with Gasteiger partial charge in [0.1, 0.15) is 11.8 Å². The van der Waals surface area contributed by atoms with Crippen LogP contribution in [0.4, 0.5) is 4.79 Å². The van der Waals surface area contributed by atoms with Crippen molar-refractivity contribution >= 4 is 22.9 Å². The van der Waals surface area contributed by atoms with E-state index < -0.39 is 12.0 Å². The maximum atomic E-state index is 13.0. The largest absolute Gasteiger partial charge is 0.426 e. The summed E-state index contributed by atoms with van der Waals surface area (Å²) in [6.45, 7) is 3.69. The Bertz CT molecular complexity index is 994. The van der Waals surface area contributed by atoms with Gasteiger partial charge in [0.15, 0.2) is 0 Å². The number of hydrogen-bond acceptors (Lipinski definition) is 4. The third kappa shape index (κ3) is 3.19. The SMILES string of the molecule is CC(C)ON1C(=O)n2c(cc3ccccc32)C1CC(=O)Oc1ccccc1. The van der Waals surface area contributed by atoms with Gasteiger partial charge in [-0.15, -0.1) is 0 Å². The molecule has 1 unspecified atom stereocenters. The second-order valence-electron chi connectivity index (χ2n) is 6.73. The van der Waals surface area contributed by atoms with Gasteiger partial charge in [-0.3, -0.25) is 14.2 Å². The van der Waals surface area contributed by atoms with Gasteiger partial charge in [0.05, 0.1) is 23.7 Å². The van der Waals surface area contributed by atoms with Crippen molar-refractivity contribution in [3.8, 4) is 5.75 Å². The van der Waals surface area contributed by atoms with Crippen LogP contribution in [0.2, 0.25) is 0 Å². The molecular formula is C21H20N2O4. The number of fused-ring (bicyclic) bond motifs is 3. The lowest BCUT2D eigenvalue weighted by molar-refractivity contribution is -0.172. The summed E-state index contributed by atoms with van der Waals surface area (Å²) < 4.78 is 7.02. The molecule has 2 aromatic carbocycles. The van der Waals surface area contributed by atoms with Crippen molar-refractivity contribution in [1.29, 1.82) is 0 Å². The Morgan fingerprint density at radius 1 is 1.07 bits per heavy atom. The van der Waals surface area contributed by atoms with E-state index in [0.29, 0.717) is 5.75 Å². The lowest BCUT2D eigenvalue weighted by Crippen LogP contribution is -2.33. The second kappa shape index (κ2) is 6.89. The van der Waals surface area contributed by atoms with Crippen molar-refractivity contribution in [2.45, 2.75) is 32.4 Å². The summed E-state index contributed by atoms with van der Waals surface area (Å²) in [5.74, 6) is 0.0544. The van der Waals surface area contributed by atoms with Crippen molar-refractivity contribution in [2.75, 3.05) is 0 Å². The fourth-order valence-corrected chi connectivity index (χ4v) is 3.34. The van der Waals surface area contributed by atoms with E-state index in [2.05, 4.69) is 0 Å². The van der Waals surface area contributed by atoms with Crippen molar-refractivity contribution in [3.63, 3.8) is 0 Å². The fourth-order valence-electron chi connectivity index (χ4n) is 3.34. The third-order valence-electron chi connectivity index (χ3n) is 4.40. The van der Waals surface area contributed by atoms with E-state index >= 15 is 0 Å². The molecule has 0 saturated carbocycles. The number of hydrogen-bond donors (Lipinski definition) is 0. The Morgan fingerprint density at radius 3 is 2.52 bits per heavy atom. The van der Waals surface area contributed by atoms with Crippen LogP contribution in [-0.2, 0) is 9.63 Å². The molecule has 0 spiro atoms. The lowest BCUT2D eigenvalue weighted by atomic mass is 10.1. The number of rotatable bonds is 5. The molecule has 0 N–H and O–H groups in total. The molecule has 0 radical (unpaired) electrons. The molecule has 0 fully saturated rings. The molecule has 138 valence electrons. The van der Waals surface area contributed by atoms with Crippen LogP contribution in [0.1, 0.15) is 32.0 Å². The molecule has 4 rings (SSSR count). The first-order valence-corrected chi connectivity index (χ1v) is 8.91. The normalized spacial score (nSPS) is 16.2. The first-order chi connectivity index (χ1) is 13.0. The average Bonchev–Trinajstić information content (AvgIpc) is 3.13. The van der Waals surface area contributed by atoms with Gasteiger partial charge in [0, 0.05) is 5.39 Å². The smallest absolute Gasteiger partial charge is 0.353 e. The number of amides is 1. The molecule has 27 heavy (non-hydrogen) atoms. The number of hydroxylamine groups is 2. The maximum Gasteiger partial charge on any atom is 0.353 e. The Hall–Kier alpha value is -3.12. The second-order valence-corrected chi connectivity index (χ2v) is 6.73. The summed E-state index contributed by atoms with van der Waals surface area (Å²) in [7, 11) is 0. The van der Waals surface area contributed by atoms with Crippen LogP contribution in [-0.4, -0.2) is 27.7 Å². The van der Waals surface area contributed by atoms with Gasteiger partial charge >= 0.3 is 12.0 Å². The monoisotopic (exact) mass is 364 g/mol. The molecule has 0 aliphatic carbocycles. The van der Waals surface area contributed by atoms with Gasteiger partial charge in [0.25, 0.3) is 0 Å². The van der Waals surface area contributed by atoms with E-state index in [-0.39, 0.29) is 18.6 Å². The van der Waals surface area contributed by atoms with Crippen LogP contribution in [0.25, 0.3) is 10.9 Å². The van der Waals surface area contributed by atoms with Crippen LogP contribution in [0, 0.1) is 0 Å². The molecular weight excluding hydrogens is 344 g/mol. The highest BCUT2D eigenvalue weighted by molar-refractivity contribution is 5.95. The quantitative estimate of drug-likeness (QED) is 0.500. The first kappa shape index (κ1) is 17.3. The van der Waals surface area contributed by atoms with Crippen LogP contribution in [0.15, 0.2) is 60.7 Å². The van der Waals surface area contributed by atoms with Gasteiger partial charge in [-0.2, -0.15) is 5.06 Å². The molecule has 1 aliphatic rings. The Balaban J connectivity index is 1.66. The first-order valence-electron chi connectivity index (χ1n) is 8.91. The zero-order valence-electron chi connectivity index (χ0n) is 15.2. The molecule has 1 aromatic heterocycles. The van der Waals surface area contributed by atoms with E-state index in [0.717, 1.165) is 16.6 Å². The van der Waals surface area contributed by atoms with E-state index in [1.165, 1.54) is 5.06 Å². The van der Waals surface area contributed by atoms with Crippen molar-refractivity contribution in [2.24, 2.45) is 0 Å². The number of ether oxygens (including phenoxy) is 1. The third-order valence-corrected chi connectivity index (χ3v) is 4.40. The predicted octanol–water partition coefficient (Wildman–Crippen LogP) is 4.30. The van der Waals surface area contributed by atoms with Crippen LogP contribution in [0.5, 0.6) is 5.75 Å². The Labute approximate surface area is 156 Å². The molecule has 0 saturated heterocycles. The molecule has 6 nitrogen and oxygen atoms in total. The summed E-state index contributed by atoms with van der Waals surface area (Å²) in [5, 5.41) is 2.24. The molecule has 1 aliphatic heterocycles. The summed E-state index contributed by atoms with van der Waals surface area (Å²) >= 11 is 0. The predicted molar refractivity (Wildman–Crippen MR) is 100 cm³/mol. The van der Waals surface area contributed by atoms with E-state index in [1.807, 2.05) is 50.2 Å². The standard InChI is InChI=1S/C21H20N2O4/c1-14(2)27-23-19(13-20(24)26-16-9-4-3-5-10-16)18-12-15-8-6-7-11-17(15)22(18)21(23)25/h3-12,14,19H,13H2,1-2H3. The minimum Gasteiger partial charge on any atom is -0.426 e. The van der Waals surface area contributed by atoms with E-state index in [9.17, 15) is 9.59 Å². The molecule has 1 amide bonds. The fraction of sp³-hybridized carbons (Fsp3) is 0.238. The minimum absolute atomic E-state index is 0.00365. The number of para-hydroxylation sites is 2. The Morgan fingerprint density at radius 2 is 1.78 bits per heavy atom. The number of benzene rings is 2. The van der Waals surface area contributed by atoms with Gasteiger partial charge in [-0.1, -0.05) is 36.4 Å². The molecule has 0 bridgehead atoms.